The molecule has 192 valence electrons. The smallest absolute Gasteiger partial charge is 0.490 e. The van der Waals surface area contributed by atoms with E-state index in [1.165, 1.54) is 31.2 Å². The van der Waals surface area contributed by atoms with Gasteiger partial charge in [0.05, 0.1) is 17.1 Å². The van der Waals surface area contributed by atoms with Crippen LogP contribution in [0.25, 0.3) is 0 Å². The summed E-state index contributed by atoms with van der Waals surface area (Å²) in [6, 6.07) is 5.19. The summed E-state index contributed by atoms with van der Waals surface area (Å²) in [6.45, 7) is 0.858. The molecule has 4 rings (SSSR count). The lowest BCUT2D eigenvalue weighted by Gasteiger charge is -2.52. The van der Waals surface area contributed by atoms with Crippen molar-refractivity contribution in [3.8, 4) is 5.75 Å². The topological polar surface area (TPSA) is 89.5 Å². The van der Waals surface area contributed by atoms with E-state index in [1.807, 2.05) is 0 Å². The minimum absolute atomic E-state index is 0.223. The molecule has 6 nitrogen and oxygen atoms in total. The highest BCUT2D eigenvalue weighted by Gasteiger charge is 2.62. The standard InChI is InChI=1S/C21H19ClF5NO5S2/c1-11-14-10-33-19-16(24)7-6-15(23)18(19)20(14,34(29,30)13-4-2-12(22)3-5-13)9-8-17(11)28-35(31,32)21(25,26)27/h2-7,11,14,17,28H,8-10H2,1H3. The lowest BCUT2D eigenvalue weighted by atomic mass is 9.66. The van der Waals surface area contributed by atoms with Crippen LogP contribution in [-0.2, 0) is 24.6 Å². The first-order chi connectivity index (χ1) is 16.1. The summed E-state index contributed by atoms with van der Waals surface area (Å²) >= 11 is 5.87. The van der Waals surface area contributed by atoms with Crippen molar-refractivity contribution in [3.63, 3.8) is 0 Å². The predicted molar refractivity (Wildman–Crippen MR) is 116 cm³/mol. The van der Waals surface area contributed by atoms with Crippen molar-refractivity contribution in [2.75, 3.05) is 6.61 Å². The number of sulfonamides is 1. The molecule has 2 aromatic rings. The molecule has 1 aliphatic heterocycles. The Hall–Kier alpha value is -1.96. The summed E-state index contributed by atoms with van der Waals surface area (Å²) in [7, 11) is -10.3. The third kappa shape index (κ3) is 4.00. The third-order valence-electron chi connectivity index (χ3n) is 6.80. The van der Waals surface area contributed by atoms with E-state index in [1.54, 1.807) is 4.72 Å². The van der Waals surface area contributed by atoms with Crippen molar-refractivity contribution >= 4 is 31.5 Å². The number of ether oxygens (including phenoxy) is 1. The number of rotatable bonds is 4. The predicted octanol–water partition coefficient (Wildman–Crippen LogP) is 4.53. The fourth-order valence-electron chi connectivity index (χ4n) is 5.09. The molecule has 0 spiro atoms. The molecule has 14 heteroatoms. The van der Waals surface area contributed by atoms with Crippen LogP contribution in [0.3, 0.4) is 0 Å². The summed E-state index contributed by atoms with van der Waals surface area (Å²) < 4.78 is 125. The average Bonchev–Trinajstić information content (AvgIpc) is 2.77. The van der Waals surface area contributed by atoms with Crippen LogP contribution in [-0.4, -0.2) is 35.0 Å². The van der Waals surface area contributed by atoms with Gasteiger partial charge in [-0.3, -0.25) is 0 Å². The van der Waals surface area contributed by atoms with Crippen LogP contribution in [0.5, 0.6) is 5.75 Å². The minimum Gasteiger partial charge on any atom is -0.490 e. The second-order valence-corrected chi connectivity index (χ2v) is 12.9. The van der Waals surface area contributed by atoms with E-state index in [0.717, 1.165) is 12.1 Å². The molecule has 2 aliphatic rings. The minimum atomic E-state index is -5.74. The first-order valence-corrected chi connectivity index (χ1v) is 13.7. The second kappa shape index (κ2) is 8.56. The maximum atomic E-state index is 15.2. The van der Waals surface area contributed by atoms with Crippen LogP contribution in [0.2, 0.25) is 5.02 Å². The zero-order chi connectivity index (χ0) is 26.0. The Balaban J connectivity index is 1.91. The number of nitrogens with one attached hydrogen (secondary N) is 1. The van der Waals surface area contributed by atoms with Crippen LogP contribution < -0.4 is 9.46 Å². The number of alkyl halides is 3. The third-order valence-corrected chi connectivity index (χ3v) is 10.8. The van der Waals surface area contributed by atoms with Crippen molar-refractivity contribution in [3.05, 3.63) is 58.6 Å². The Kier molecular flexibility index (Phi) is 6.39. The maximum Gasteiger partial charge on any atom is 0.511 e. The van der Waals surface area contributed by atoms with E-state index in [-0.39, 0.29) is 9.92 Å². The highest BCUT2D eigenvalue weighted by molar-refractivity contribution is 7.92. The Morgan fingerprint density at radius 3 is 2.23 bits per heavy atom. The molecule has 0 saturated heterocycles. The van der Waals surface area contributed by atoms with E-state index < -0.39 is 90.4 Å². The van der Waals surface area contributed by atoms with E-state index in [2.05, 4.69) is 0 Å². The fraction of sp³-hybridized carbons (Fsp3) is 0.429. The van der Waals surface area contributed by atoms with Gasteiger partial charge in [-0.2, -0.15) is 13.2 Å². The summed E-state index contributed by atoms with van der Waals surface area (Å²) in [6.07, 6.45) is -0.885. The van der Waals surface area contributed by atoms with Crippen molar-refractivity contribution in [2.24, 2.45) is 11.8 Å². The highest BCUT2D eigenvalue weighted by Crippen LogP contribution is 2.58. The molecule has 1 fully saturated rings. The van der Waals surface area contributed by atoms with Gasteiger partial charge in [-0.05, 0) is 55.2 Å². The molecule has 1 aliphatic carbocycles. The zero-order valence-electron chi connectivity index (χ0n) is 17.9. The lowest BCUT2D eigenvalue weighted by molar-refractivity contribution is -0.0458. The van der Waals surface area contributed by atoms with Crippen molar-refractivity contribution in [1.29, 1.82) is 0 Å². The van der Waals surface area contributed by atoms with E-state index in [4.69, 9.17) is 16.3 Å². The summed E-state index contributed by atoms with van der Waals surface area (Å²) in [5.41, 5.74) is -6.14. The van der Waals surface area contributed by atoms with E-state index in [9.17, 15) is 34.4 Å². The van der Waals surface area contributed by atoms with Gasteiger partial charge in [0.1, 0.15) is 10.6 Å². The molecule has 1 N–H and O–H groups in total. The molecule has 4 unspecified atom stereocenters. The number of hydrogen-bond donors (Lipinski definition) is 1. The van der Waals surface area contributed by atoms with Crippen LogP contribution >= 0.6 is 11.6 Å². The van der Waals surface area contributed by atoms with Crippen molar-refractivity contribution in [2.45, 2.75) is 41.0 Å². The van der Waals surface area contributed by atoms with Crippen LogP contribution in [0.1, 0.15) is 25.3 Å². The number of sulfone groups is 1. The SMILES string of the molecule is CC1C(NS(=O)(=O)C(F)(F)F)CCC2(S(=O)(=O)c3ccc(Cl)cc3)c3c(F)ccc(F)c3OCC12. The fourth-order valence-corrected chi connectivity index (χ4v) is 8.52. The lowest BCUT2D eigenvalue weighted by Crippen LogP contribution is -2.60. The average molecular weight is 560 g/mol. The summed E-state index contributed by atoms with van der Waals surface area (Å²) in [5.74, 6) is -4.95. The molecule has 0 radical (unpaired) electrons. The first-order valence-electron chi connectivity index (χ1n) is 10.3. The van der Waals surface area contributed by atoms with Crippen LogP contribution in [0.4, 0.5) is 22.0 Å². The molecule has 4 atom stereocenters. The molecule has 0 aromatic heterocycles. The number of fused-ring (bicyclic) bond motifs is 3. The highest BCUT2D eigenvalue weighted by atomic mass is 35.5. The second-order valence-electron chi connectivity index (χ2n) is 8.57. The Morgan fingerprint density at radius 1 is 1.03 bits per heavy atom. The van der Waals surface area contributed by atoms with Gasteiger partial charge in [0.25, 0.3) is 0 Å². The van der Waals surface area contributed by atoms with Gasteiger partial charge < -0.3 is 4.74 Å². The number of halogens is 6. The van der Waals surface area contributed by atoms with Gasteiger partial charge >= 0.3 is 15.5 Å². The maximum absolute atomic E-state index is 15.2. The van der Waals surface area contributed by atoms with Gasteiger partial charge in [0.2, 0.25) is 0 Å². The Labute approximate surface area is 203 Å². The number of benzene rings is 2. The van der Waals surface area contributed by atoms with Gasteiger partial charge in [-0.1, -0.05) is 18.5 Å². The van der Waals surface area contributed by atoms with Crippen molar-refractivity contribution in [1.82, 2.24) is 4.72 Å². The van der Waals surface area contributed by atoms with E-state index >= 15 is 4.39 Å². The van der Waals surface area contributed by atoms with Gasteiger partial charge in [-0.15, -0.1) is 0 Å². The summed E-state index contributed by atoms with van der Waals surface area (Å²) in [4.78, 5) is -0.259. The molecule has 35 heavy (non-hydrogen) atoms. The van der Waals surface area contributed by atoms with Crippen LogP contribution in [0, 0.1) is 23.5 Å². The molecule has 1 heterocycles. The van der Waals surface area contributed by atoms with Gasteiger partial charge in [0.15, 0.2) is 21.4 Å². The van der Waals surface area contributed by atoms with Crippen molar-refractivity contribution < 1.29 is 43.5 Å². The molecule has 0 amide bonds. The Morgan fingerprint density at radius 2 is 1.63 bits per heavy atom. The summed E-state index contributed by atoms with van der Waals surface area (Å²) in [5, 5.41) is 0.223. The normalized spacial score (nSPS) is 27.0. The molecule has 0 bridgehead atoms. The zero-order valence-corrected chi connectivity index (χ0v) is 20.3. The molecule has 1 saturated carbocycles. The van der Waals surface area contributed by atoms with Gasteiger partial charge in [-0.25, -0.2) is 30.3 Å². The Bertz CT molecular complexity index is 1370. The molecular formula is C21H19ClF5NO5S2. The largest absolute Gasteiger partial charge is 0.511 e. The monoisotopic (exact) mass is 559 g/mol. The van der Waals surface area contributed by atoms with E-state index in [0.29, 0.717) is 0 Å². The first kappa shape index (κ1) is 26.1. The molecular weight excluding hydrogens is 541 g/mol. The number of hydrogen-bond acceptors (Lipinski definition) is 5. The quantitative estimate of drug-likeness (QED) is 0.556. The van der Waals surface area contributed by atoms with Gasteiger partial charge in [0, 0.05) is 17.0 Å². The molecule has 2 aromatic carbocycles. The van der Waals surface area contributed by atoms with Crippen LogP contribution in [0.15, 0.2) is 41.3 Å².